The molecule has 0 spiro atoms. The van der Waals surface area contributed by atoms with E-state index in [4.69, 9.17) is 0 Å². The average molecular weight is 713 g/mol. The van der Waals surface area contributed by atoms with Crippen LogP contribution in [0.1, 0.15) is 244 Å². The summed E-state index contributed by atoms with van der Waals surface area (Å²) in [5.41, 5.74) is 1.11. The van der Waals surface area contributed by atoms with E-state index >= 15 is 0 Å². The third-order valence-corrected chi connectivity index (χ3v) is 11.4. The van der Waals surface area contributed by atoms with Gasteiger partial charge in [-0.2, -0.15) is 0 Å². The Morgan fingerprint density at radius 3 is 0.776 bits per heavy atom. The van der Waals surface area contributed by atoms with E-state index in [-0.39, 0.29) is 34.5 Å². The summed E-state index contributed by atoms with van der Waals surface area (Å²) in [6.45, 7) is 2.30. The quantitative estimate of drug-likeness (QED) is 0.0390. The Morgan fingerprint density at radius 2 is 0.571 bits per heavy atom. The Kier molecular flexibility index (Phi) is 38.0. The van der Waals surface area contributed by atoms with Gasteiger partial charge in [-0.25, -0.2) is 8.42 Å². The van der Waals surface area contributed by atoms with Crippen molar-refractivity contribution < 1.29 is 42.5 Å². The van der Waals surface area contributed by atoms with Crippen molar-refractivity contribution in [2.24, 2.45) is 0 Å². The molecule has 0 unspecified atom stereocenters. The SMILES string of the molecule is CCCCCCCCCCCCCCCCCCCCCCCCCCCCCCCCCCCCCCc1ccc(S(=O)(=O)[O-])cc1.[Na+]. The van der Waals surface area contributed by atoms with Gasteiger partial charge < -0.3 is 4.55 Å². The molecule has 0 aliphatic heterocycles. The summed E-state index contributed by atoms with van der Waals surface area (Å²) in [6, 6.07) is 6.41. The standard InChI is InChI=1S/C44H82O3S.Na/c1-2-3-4-5-6-7-8-9-10-11-12-13-14-15-16-17-18-19-20-21-22-23-24-25-26-27-28-29-30-31-32-33-34-35-36-37-38-43-39-41-44(42-40-43)48(45,46)47;/h39-42H,2-38H2,1H3,(H,45,46,47);/q;+1/p-1. The molecule has 0 atom stereocenters. The van der Waals surface area contributed by atoms with Crippen molar-refractivity contribution in [3.63, 3.8) is 0 Å². The van der Waals surface area contributed by atoms with Crippen molar-refractivity contribution >= 4 is 10.1 Å². The Bertz CT molecular complexity index is 886. The zero-order chi connectivity index (χ0) is 34.6. The van der Waals surface area contributed by atoms with Crippen LogP contribution in [0.25, 0.3) is 0 Å². The molecule has 0 fully saturated rings. The van der Waals surface area contributed by atoms with Crippen molar-refractivity contribution in [2.45, 2.75) is 249 Å². The normalized spacial score (nSPS) is 11.6. The van der Waals surface area contributed by atoms with Crippen LogP contribution in [0.15, 0.2) is 29.2 Å². The molecule has 0 saturated carbocycles. The van der Waals surface area contributed by atoms with E-state index < -0.39 is 10.1 Å². The summed E-state index contributed by atoms with van der Waals surface area (Å²) in [5.74, 6) is 0. The minimum Gasteiger partial charge on any atom is -0.744 e. The molecule has 3 nitrogen and oxygen atoms in total. The third kappa shape index (κ3) is 35.0. The van der Waals surface area contributed by atoms with Crippen molar-refractivity contribution in [2.75, 3.05) is 0 Å². The fourth-order valence-electron chi connectivity index (χ4n) is 7.24. The molecule has 0 saturated heterocycles. The number of benzene rings is 1. The molecule has 0 aliphatic carbocycles. The number of unbranched alkanes of at least 4 members (excludes halogenated alkanes) is 35. The molecular formula is C44H81NaO3S. The maximum atomic E-state index is 11.0. The fourth-order valence-corrected chi connectivity index (χ4v) is 7.70. The minimum absolute atomic E-state index is 0. The van der Waals surface area contributed by atoms with Crippen LogP contribution >= 0.6 is 0 Å². The van der Waals surface area contributed by atoms with E-state index in [0.29, 0.717) is 0 Å². The van der Waals surface area contributed by atoms with Crippen LogP contribution < -0.4 is 29.6 Å². The van der Waals surface area contributed by atoms with E-state index in [1.54, 1.807) is 12.1 Å². The molecule has 0 bridgehead atoms. The summed E-state index contributed by atoms with van der Waals surface area (Å²) < 4.78 is 33.0. The molecule has 5 heteroatoms. The Labute approximate surface area is 329 Å². The van der Waals surface area contributed by atoms with Crippen LogP contribution in [-0.4, -0.2) is 13.0 Å². The van der Waals surface area contributed by atoms with E-state index in [0.717, 1.165) is 18.4 Å². The van der Waals surface area contributed by atoms with Gasteiger partial charge in [0.15, 0.2) is 0 Å². The summed E-state index contributed by atoms with van der Waals surface area (Å²) in [4.78, 5) is -0.132. The number of rotatable bonds is 38. The monoisotopic (exact) mass is 713 g/mol. The first kappa shape index (κ1) is 49.1. The van der Waals surface area contributed by atoms with Crippen molar-refractivity contribution in [3.05, 3.63) is 29.8 Å². The van der Waals surface area contributed by atoms with Gasteiger partial charge in [0.2, 0.25) is 0 Å². The molecule has 0 N–H and O–H groups in total. The molecule has 282 valence electrons. The molecule has 0 aliphatic rings. The van der Waals surface area contributed by atoms with Gasteiger partial charge in [-0.05, 0) is 30.5 Å². The molecule has 0 amide bonds. The zero-order valence-electron chi connectivity index (χ0n) is 33.1. The first-order valence-electron chi connectivity index (χ1n) is 21.6. The van der Waals surface area contributed by atoms with E-state index in [9.17, 15) is 13.0 Å². The molecule has 49 heavy (non-hydrogen) atoms. The molecule has 0 radical (unpaired) electrons. The van der Waals surface area contributed by atoms with E-state index in [2.05, 4.69) is 6.92 Å². The van der Waals surface area contributed by atoms with Gasteiger partial charge in [0, 0.05) is 0 Å². The topological polar surface area (TPSA) is 57.2 Å². The average Bonchev–Trinajstić information content (AvgIpc) is 3.08. The fraction of sp³-hybridized carbons (Fsp3) is 0.864. The van der Waals surface area contributed by atoms with Gasteiger partial charge in [0.05, 0.1) is 4.90 Å². The van der Waals surface area contributed by atoms with Gasteiger partial charge in [0.25, 0.3) is 0 Å². The van der Waals surface area contributed by atoms with Crippen LogP contribution in [0.4, 0.5) is 0 Å². The van der Waals surface area contributed by atoms with Gasteiger partial charge in [-0.15, -0.1) is 0 Å². The Morgan fingerprint density at radius 1 is 0.367 bits per heavy atom. The number of aryl methyl sites for hydroxylation is 1. The van der Waals surface area contributed by atoms with Gasteiger partial charge in [0.1, 0.15) is 10.1 Å². The van der Waals surface area contributed by atoms with Crippen molar-refractivity contribution in [1.29, 1.82) is 0 Å². The second-order valence-electron chi connectivity index (χ2n) is 15.2. The van der Waals surface area contributed by atoms with Crippen LogP contribution in [0, 0.1) is 0 Å². The maximum absolute atomic E-state index is 11.0. The Hall–Kier alpha value is 0.130. The number of hydrogen-bond donors (Lipinski definition) is 0. The molecular weight excluding hydrogens is 632 g/mol. The van der Waals surface area contributed by atoms with E-state index in [1.165, 1.54) is 237 Å². The van der Waals surface area contributed by atoms with E-state index in [1.807, 2.05) is 0 Å². The molecule has 1 rings (SSSR count). The third-order valence-electron chi connectivity index (χ3n) is 10.5. The van der Waals surface area contributed by atoms with Gasteiger partial charge in [-0.3, -0.25) is 0 Å². The first-order valence-corrected chi connectivity index (χ1v) is 23.0. The predicted molar refractivity (Wildman–Crippen MR) is 210 cm³/mol. The molecule has 1 aromatic carbocycles. The zero-order valence-corrected chi connectivity index (χ0v) is 35.9. The first-order chi connectivity index (χ1) is 23.5. The smallest absolute Gasteiger partial charge is 0.744 e. The van der Waals surface area contributed by atoms with Gasteiger partial charge in [-0.1, -0.05) is 244 Å². The number of hydrogen-bond acceptors (Lipinski definition) is 3. The summed E-state index contributed by atoms with van der Waals surface area (Å²) in [5, 5.41) is 0. The van der Waals surface area contributed by atoms with Crippen LogP contribution in [0.2, 0.25) is 0 Å². The minimum atomic E-state index is -4.33. The van der Waals surface area contributed by atoms with Crippen LogP contribution in [-0.2, 0) is 16.5 Å². The maximum Gasteiger partial charge on any atom is 1.00 e. The van der Waals surface area contributed by atoms with Crippen LogP contribution in [0.3, 0.4) is 0 Å². The van der Waals surface area contributed by atoms with Crippen LogP contribution in [0.5, 0.6) is 0 Å². The second kappa shape index (κ2) is 37.9. The summed E-state index contributed by atoms with van der Waals surface area (Å²) >= 11 is 0. The summed E-state index contributed by atoms with van der Waals surface area (Å²) in [6.07, 6.45) is 52.4. The largest absolute Gasteiger partial charge is 1.00 e. The van der Waals surface area contributed by atoms with Crippen molar-refractivity contribution in [1.82, 2.24) is 0 Å². The molecule has 1 aromatic rings. The molecule has 0 heterocycles. The van der Waals surface area contributed by atoms with Gasteiger partial charge >= 0.3 is 29.6 Å². The predicted octanol–water partition coefficient (Wildman–Crippen LogP) is 12.2. The second-order valence-corrected chi connectivity index (χ2v) is 16.6. The molecule has 0 aromatic heterocycles. The summed E-state index contributed by atoms with van der Waals surface area (Å²) in [7, 11) is -4.33. The Balaban J connectivity index is 0.0000230. The van der Waals surface area contributed by atoms with Crippen molar-refractivity contribution in [3.8, 4) is 0 Å².